The van der Waals surface area contributed by atoms with Crippen LogP contribution >= 0.6 is 23.2 Å². The van der Waals surface area contributed by atoms with Crippen molar-refractivity contribution in [3.63, 3.8) is 0 Å². The summed E-state index contributed by atoms with van der Waals surface area (Å²) in [5.74, 6) is 1.58. The monoisotopic (exact) mass is 377 g/mol. The van der Waals surface area contributed by atoms with Gasteiger partial charge in [-0.2, -0.15) is 0 Å². The highest BCUT2D eigenvalue weighted by Gasteiger charge is 2.08. The summed E-state index contributed by atoms with van der Waals surface area (Å²) in [4.78, 5) is 14.5. The second-order valence-corrected chi connectivity index (χ2v) is 6.11. The van der Waals surface area contributed by atoms with E-state index in [4.69, 9.17) is 27.9 Å². The van der Waals surface area contributed by atoms with Crippen LogP contribution in [0.15, 0.2) is 54.6 Å². The predicted octanol–water partition coefficient (Wildman–Crippen LogP) is 4.88. The second kappa shape index (κ2) is 10.1. The van der Waals surface area contributed by atoms with Crippen LogP contribution in [0.5, 0.6) is 5.75 Å². The molecule has 0 radical (unpaired) electrons. The number of alkyl halides is 2. The van der Waals surface area contributed by atoms with E-state index in [-0.39, 0.29) is 5.78 Å². The molecule has 0 aromatic heterocycles. The van der Waals surface area contributed by atoms with Gasteiger partial charge in [-0.25, -0.2) is 0 Å². The summed E-state index contributed by atoms with van der Waals surface area (Å²) in [6, 6.07) is 15.1. The standard InChI is InChI=1S/C20H21Cl2NO2/c1-25-20-5-3-2-4-18(20)19(24)11-8-16-6-9-17(10-7-16)23(14-12-21)15-13-22/h2-11H,12-15H2,1H3/b11-8+. The van der Waals surface area contributed by atoms with Crippen LogP contribution in [0.25, 0.3) is 6.08 Å². The fourth-order valence-corrected chi connectivity index (χ4v) is 2.89. The smallest absolute Gasteiger partial charge is 0.189 e. The van der Waals surface area contributed by atoms with Gasteiger partial charge in [0.2, 0.25) is 0 Å². The molecule has 0 bridgehead atoms. The van der Waals surface area contributed by atoms with Crippen molar-refractivity contribution in [2.24, 2.45) is 0 Å². The summed E-state index contributed by atoms with van der Waals surface area (Å²) in [6.07, 6.45) is 3.36. The molecule has 0 aliphatic rings. The number of benzene rings is 2. The summed E-state index contributed by atoms with van der Waals surface area (Å²) in [5, 5.41) is 0. The molecule has 0 saturated heterocycles. The molecule has 0 fully saturated rings. The van der Waals surface area contributed by atoms with Crippen LogP contribution in [0.1, 0.15) is 15.9 Å². The highest BCUT2D eigenvalue weighted by molar-refractivity contribution is 6.18. The van der Waals surface area contributed by atoms with E-state index in [9.17, 15) is 4.79 Å². The van der Waals surface area contributed by atoms with E-state index >= 15 is 0 Å². The van der Waals surface area contributed by atoms with Gasteiger partial charge in [0.15, 0.2) is 5.78 Å². The summed E-state index contributed by atoms with van der Waals surface area (Å²) in [5.41, 5.74) is 2.56. The third-order valence-electron chi connectivity index (χ3n) is 3.77. The molecule has 0 saturated carbocycles. The molecule has 3 nitrogen and oxygen atoms in total. The maximum absolute atomic E-state index is 12.3. The molecule has 0 aliphatic carbocycles. The number of carbonyl (C=O) groups excluding carboxylic acids is 1. The van der Waals surface area contributed by atoms with Gasteiger partial charge in [0.05, 0.1) is 12.7 Å². The molecule has 2 rings (SSSR count). The number of allylic oxidation sites excluding steroid dienone is 1. The van der Waals surface area contributed by atoms with Crippen molar-refractivity contribution in [3.05, 3.63) is 65.7 Å². The number of halogens is 2. The molecule has 132 valence electrons. The molecule has 2 aromatic rings. The average molecular weight is 378 g/mol. The van der Waals surface area contributed by atoms with Crippen LogP contribution in [-0.2, 0) is 0 Å². The Morgan fingerprint density at radius 1 is 1.04 bits per heavy atom. The van der Waals surface area contributed by atoms with Gasteiger partial charge in [-0.3, -0.25) is 4.79 Å². The van der Waals surface area contributed by atoms with E-state index in [0.29, 0.717) is 23.1 Å². The van der Waals surface area contributed by atoms with Gasteiger partial charge in [0.25, 0.3) is 0 Å². The van der Waals surface area contributed by atoms with Gasteiger partial charge in [0.1, 0.15) is 5.75 Å². The highest BCUT2D eigenvalue weighted by atomic mass is 35.5. The number of anilines is 1. The Labute approximate surface area is 158 Å². The van der Waals surface area contributed by atoms with Crippen molar-refractivity contribution in [2.45, 2.75) is 0 Å². The fraction of sp³-hybridized carbons (Fsp3) is 0.250. The molecule has 2 aromatic carbocycles. The van der Waals surface area contributed by atoms with Gasteiger partial charge >= 0.3 is 0 Å². The lowest BCUT2D eigenvalue weighted by atomic mass is 10.1. The molecule has 0 N–H and O–H groups in total. The van der Waals surface area contributed by atoms with Gasteiger partial charge in [-0.05, 0) is 35.9 Å². The number of hydrogen-bond acceptors (Lipinski definition) is 3. The minimum absolute atomic E-state index is 0.0903. The molecule has 0 amide bonds. The van der Waals surface area contributed by atoms with Gasteiger partial charge in [0, 0.05) is 30.5 Å². The molecule has 0 heterocycles. The van der Waals surface area contributed by atoms with E-state index in [1.54, 1.807) is 31.4 Å². The number of methoxy groups -OCH3 is 1. The Balaban J connectivity index is 2.09. The largest absolute Gasteiger partial charge is 0.496 e. The topological polar surface area (TPSA) is 29.5 Å². The number of rotatable bonds is 9. The van der Waals surface area contributed by atoms with Crippen molar-refractivity contribution in [3.8, 4) is 5.75 Å². The van der Waals surface area contributed by atoms with Crippen molar-refractivity contribution >= 4 is 40.7 Å². The van der Waals surface area contributed by atoms with Crippen LogP contribution < -0.4 is 9.64 Å². The van der Waals surface area contributed by atoms with E-state index in [0.717, 1.165) is 24.3 Å². The lowest BCUT2D eigenvalue weighted by molar-refractivity contribution is 0.104. The summed E-state index contributed by atoms with van der Waals surface area (Å²) < 4.78 is 5.22. The first-order valence-electron chi connectivity index (χ1n) is 8.02. The SMILES string of the molecule is COc1ccccc1C(=O)/C=C/c1ccc(N(CCCl)CCCl)cc1. The number of nitrogens with zero attached hydrogens (tertiary/aromatic N) is 1. The minimum Gasteiger partial charge on any atom is -0.496 e. The van der Waals surface area contributed by atoms with E-state index in [1.807, 2.05) is 36.4 Å². The summed E-state index contributed by atoms with van der Waals surface area (Å²) in [7, 11) is 1.56. The average Bonchev–Trinajstić information content (AvgIpc) is 2.66. The van der Waals surface area contributed by atoms with Crippen LogP contribution in [0.4, 0.5) is 5.69 Å². The van der Waals surface area contributed by atoms with Crippen LogP contribution in [0.3, 0.4) is 0 Å². The second-order valence-electron chi connectivity index (χ2n) is 5.35. The zero-order valence-corrected chi connectivity index (χ0v) is 15.6. The van der Waals surface area contributed by atoms with E-state index in [2.05, 4.69) is 4.90 Å². The lowest BCUT2D eigenvalue weighted by Crippen LogP contribution is -2.27. The molecular weight excluding hydrogens is 357 g/mol. The third-order valence-corrected chi connectivity index (χ3v) is 4.10. The van der Waals surface area contributed by atoms with Gasteiger partial charge in [-0.15, -0.1) is 23.2 Å². The number of ether oxygens (including phenoxy) is 1. The van der Waals surface area contributed by atoms with Crippen molar-refractivity contribution in [1.29, 1.82) is 0 Å². The minimum atomic E-state index is -0.0903. The molecule has 0 aliphatic heterocycles. The Morgan fingerprint density at radius 3 is 2.28 bits per heavy atom. The Bertz CT molecular complexity index is 708. The quantitative estimate of drug-likeness (QED) is 0.354. The number of para-hydroxylation sites is 1. The fourth-order valence-electron chi connectivity index (χ4n) is 2.48. The van der Waals surface area contributed by atoms with E-state index in [1.165, 1.54) is 0 Å². The first-order valence-corrected chi connectivity index (χ1v) is 9.09. The Kier molecular flexibility index (Phi) is 7.83. The molecule has 0 atom stereocenters. The molecule has 5 heteroatoms. The van der Waals surface area contributed by atoms with Gasteiger partial charge < -0.3 is 9.64 Å². The van der Waals surface area contributed by atoms with Crippen molar-refractivity contribution < 1.29 is 9.53 Å². The molecule has 25 heavy (non-hydrogen) atoms. The maximum Gasteiger partial charge on any atom is 0.189 e. The Hall–Kier alpha value is -1.97. The lowest BCUT2D eigenvalue weighted by Gasteiger charge is -2.22. The van der Waals surface area contributed by atoms with Crippen LogP contribution in [0.2, 0.25) is 0 Å². The number of hydrogen-bond donors (Lipinski definition) is 0. The maximum atomic E-state index is 12.3. The number of carbonyl (C=O) groups is 1. The Morgan fingerprint density at radius 2 is 1.68 bits per heavy atom. The summed E-state index contributed by atoms with van der Waals surface area (Å²) >= 11 is 11.7. The molecule has 0 spiro atoms. The zero-order valence-electron chi connectivity index (χ0n) is 14.1. The molecular formula is C20H21Cl2NO2. The van der Waals surface area contributed by atoms with Crippen LogP contribution in [-0.4, -0.2) is 37.7 Å². The zero-order chi connectivity index (χ0) is 18.1. The van der Waals surface area contributed by atoms with Crippen molar-refractivity contribution in [1.82, 2.24) is 0 Å². The number of ketones is 1. The normalized spacial score (nSPS) is 10.8. The third kappa shape index (κ3) is 5.52. The van der Waals surface area contributed by atoms with Gasteiger partial charge in [-0.1, -0.05) is 30.3 Å². The first-order chi connectivity index (χ1) is 12.2. The van der Waals surface area contributed by atoms with Crippen LogP contribution in [0, 0.1) is 0 Å². The summed E-state index contributed by atoms with van der Waals surface area (Å²) in [6.45, 7) is 1.49. The van der Waals surface area contributed by atoms with E-state index < -0.39 is 0 Å². The predicted molar refractivity (Wildman–Crippen MR) is 106 cm³/mol. The van der Waals surface area contributed by atoms with Crippen molar-refractivity contribution in [2.75, 3.05) is 36.9 Å². The highest BCUT2D eigenvalue weighted by Crippen LogP contribution is 2.20. The molecule has 0 unspecified atom stereocenters. The first kappa shape index (κ1) is 19.4.